The number of aromatic amines is 1. The summed E-state index contributed by atoms with van der Waals surface area (Å²) in [4.78, 5) is 39.0. The zero-order valence-corrected chi connectivity index (χ0v) is 24.6. The summed E-state index contributed by atoms with van der Waals surface area (Å²) < 4.78 is 38.2. The van der Waals surface area contributed by atoms with Crippen molar-refractivity contribution in [3.8, 4) is 5.75 Å². The molecule has 2 fully saturated rings. The van der Waals surface area contributed by atoms with Crippen LogP contribution in [0.4, 0.5) is 0 Å². The molecule has 4 rings (SSSR count). The Morgan fingerprint density at radius 1 is 1.20 bits per heavy atom. The summed E-state index contributed by atoms with van der Waals surface area (Å²) >= 11 is 0. The molecule has 5 atom stereocenters. The summed E-state index contributed by atoms with van der Waals surface area (Å²) in [5.41, 5.74) is -1.94. The van der Waals surface area contributed by atoms with Crippen molar-refractivity contribution in [1.82, 2.24) is 14.6 Å². The van der Waals surface area contributed by atoms with E-state index in [4.69, 9.17) is 18.5 Å². The Kier molecular flexibility index (Phi) is 10.3. The van der Waals surface area contributed by atoms with Crippen LogP contribution in [0, 0.1) is 11.3 Å². The van der Waals surface area contributed by atoms with Gasteiger partial charge in [0, 0.05) is 17.7 Å². The fourth-order valence-electron chi connectivity index (χ4n) is 5.29. The van der Waals surface area contributed by atoms with Gasteiger partial charge < -0.3 is 19.1 Å². The molecular weight excluding hydrogens is 553 g/mol. The smallest absolute Gasteiger partial charge is 0.459 e. The highest BCUT2D eigenvalue weighted by molar-refractivity contribution is 7.52. The molecule has 3 N–H and O–H groups in total. The molecule has 13 heteroatoms. The molecule has 226 valence electrons. The van der Waals surface area contributed by atoms with Crippen LogP contribution in [-0.4, -0.2) is 52.1 Å². The second kappa shape index (κ2) is 13.5. The lowest BCUT2D eigenvalue weighted by Crippen LogP contribution is -2.37. The quantitative estimate of drug-likeness (QED) is 0.206. The average Bonchev–Trinajstić information content (AvgIpc) is 3.69. The minimum Gasteiger partial charge on any atom is -0.464 e. The SMILES string of the molecule is CCCC(CCC)COC(=O)[C@H](C)NP(=O)(OC[C@H]1O[C@@H](n2ccc(=O)[nH]c2=O)C2(CC2)[C@@H]1O)Oc1ccccc1. The van der Waals surface area contributed by atoms with Gasteiger partial charge in [0.05, 0.1) is 19.3 Å². The first-order valence-corrected chi connectivity index (χ1v) is 15.7. The molecule has 0 bridgehead atoms. The first-order valence-electron chi connectivity index (χ1n) is 14.2. The molecule has 1 unspecified atom stereocenters. The summed E-state index contributed by atoms with van der Waals surface area (Å²) in [7, 11) is -4.19. The van der Waals surface area contributed by atoms with E-state index in [1.807, 2.05) is 0 Å². The van der Waals surface area contributed by atoms with E-state index in [9.17, 15) is 24.1 Å². The van der Waals surface area contributed by atoms with E-state index in [0.717, 1.165) is 25.7 Å². The molecule has 2 heterocycles. The van der Waals surface area contributed by atoms with Gasteiger partial charge >= 0.3 is 19.4 Å². The Balaban J connectivity index is 1.45. The molecule has 1 spiro atoms. The highest BCUT2D eigenvalue weighted by Gasteiger charge is 2.64. The number of rotatable bonds is 15. The van der Waals surface area contributed by atoms with Crippen LogP contribution >= 0.6 is 7.75 Å². The zero-order valence-electron chi connectivity index (χ0n) is 23.7. The fraction of sp³-hybridized carbons (Fsp3) is 0.607. The third-order valence-electron chi connectivity index (χ3n) is 7.61. The van der Waals surface area contributed by atoms with Crippen molar-refractivity contribution in [2.75, 3.05) is 13.2 Å². The van der Waals surface area contributed by atoms with E-state index >= 15 is 0 Å². The van der Waals surface area contributed by atoms with E-state index in [0.29, 0.717) is 12.8 Å². The molecule has 0 amide bonds. The number of H-pyrrole nitrogens is 1. The van der Waals surface area contributed by atoms with Crippen LogP contribution in [0.25, 0.3) is 0 Å². The molecule has 12 nitrogen and oxygen atoms in total. The molecule has 1 saturated carbocycles. The van der Waals surface area contributed by atoms with Gasteiger partial charge in [0.1, 0.15) is 24.1 Å². The van der Waals surface area contributed by atoms with Gasteiger partial charge in [0.2, 0.25) is 0 Å². The Morgan fingerprint density at radius 3 is 2.49 bits per heavy atom. The third-order valence-corrected chi connectivity index (χ3v) is 9.25. The fourth-order valence-corrected chi connectivity index (χ4v) is 6.79. The van der Waals surface area contributed by atoms with E-state index in [-0.39, 0.29) is 24.9 Å². The van der Waals surface area contributed by atoms with Crippen molar-refractivity contribution < 1.29 is 33.0 Å². The molecule has 2 aromatic rings. The van der Waals surface area contributed by atoms with Gasteiger partial charge in [-0.15, -0.1) is 0 Å². The monoisotopic (exact) mass is 593 g/mol. The van der Waals surface area contributed by atoms with Crippen molar-refractivity contribution >= 4 is 13.7 Å². The van der Waals surface area contributed by atoms with Crippen LogP contribution in [-0.2, 0) is 23.4 Å². The van der Waals surface area contributed by atoms with Gasteiger partial charge in [0.25, 0.3) is 5.56 Å². The number of benzene rings is 1. The highest BCUT2D eigenvalue weighted by atomic mass is 31.2. The van der Waals surface area contributed by atoms with Crippen molar-refractivity contribution in [2.45, 2.75) is 83.8 Å². The minimum atomic E-state index is -4.19. The first-order chi connectivity index (χ1) is 19.6. The van der Waals surface area contributed by atoms with E-state index in [1.54, 1.807) is 30.3 Å². The van der Waals surface area contributed by atoms with Crippen molar-refractivity contribution in [2.24, 2.45) is 11.3 Å². The van der Waals surface area contributed by atoms with Crippen LogP contribution in [0.2, 0.25) is 0 Å². The highest BCUT2D eigenvalue weighted by Crippen LogP contribution is 2.62. The maximum Gasteiger partial charge on any atom is 0.459 e. The maximum absolute atomic E-state index is 13.9. The third kappa shape index (κ3) is 7.55. The number of hydrogen-bond donors (Lipinski definition) is 3. The number of carbonyl (C=O) groups is 1. The number of carbonyl (C=O) groups excluding carboxylic acids is 1. The normalized spacial score (nSPS) is 23.3. The number of esters is 1. The number of nitrogens with zero attached hydrogens (tertiary/aromatic N) is 1. The predicted molar refractivity (Wildman–Crippen MR) is 150 cm³/mol. The largest absolute Gasteiger partial charge is 0.464 e. The van der Waals surface area contributed by atoms with Crippen LogP contribution < -0.4 is 20.9 Å². The minimum absolute atomic E-state index is 0.249. The molecular formula is C28H40N3O9P. The molecule has 1 saturated heterocycles. The second-order valence-corrected chi connectivity index (χ2v) is 12.5. The molecule has 1 aliphatic heterocycles. The Morgan fingerprint density at radius 2 is 1.88 bits per heavy atom. The Labute approximate surface area is 238 Å². The van der Waals surface area contributed by atoms with Crippen molar-refractivity contribution in [3.05, 3.63) is 63.4 Å². The molecule has 1 aliphatic carbocycles. The molecule has 0 radical (unpaired) electrons. The molecule has 2 aliphatic rings. The van der Waals surface area contributed by atoms with Gasteiger partial charge in [-0.1, -0.05) is 44.9 Å². The number of aliphatic hydroxyl groups is 1. The number of aromatic nitrogens is 2. The first kappa shape index (κ1) is 31.2. The molecule has 1 aromatic carbocycles. The maximum atomic E-state index is 13.9. The van der Waals surface area contributed by atoms with Crippen LogP contribution in [0.15, 0.2) is 52.2 Å². The van der Waals surface area contributed by atoms with Gasteiger partial charge in [-0.3, -0.25) is 23.7 Å². The topological polar surface area (TPSA) is 158 Å². The lowest BCUT2D eigenvalue weighted by molar-refractivity contribution is -0.146. The summed E-state index contributed by atoms with van der Waals surface area (Å²) in [6.45, 7) is 5.60. The Bertz CT molecular complexity index is 1320. The zero-order chi connectivity index (χ0) is 29.6. The molecule has 41 heavy (non-hydrogen) atoms. The van der Waals surface area contributed by atoms with Gasteiger partial charge in [-0.25, -0.2) is 9.36 Å². The summed E-state index contributed by atoms with van der Waals surface area (Å²) in [5, 5.41) is 13.8. The number of para-hydroxylation sites is 1. The van der Waals surface area contributed by atoms with Gasteiger partial charge in [-0.05, 0) is 50.7 Å². The number of hydrogen-bond acceptors (Lipinski definition) is 9. The van der Waals surface area contributed by atoms with Crippen molar-refractivity contribution in [1.29, 1.82) is 0 Å². The lowest BCUT2D eigenvalue weighted by Gasteiger charge is -2.25. The molecule has 1 aromatic heterocycles. The standard InChI is InChI=1S/C28H40N3O9P/c1-4-9-20(10-5-2)17-37-25(34)19(3)30-41(36,40-21-11-7-6-8-12-21)38-18-22-24(33)28(14-15-28)26(39-22)31-16-13-23(32)29-27(31)35/h6-8,11-13,16,19-20,22,24,26,33H,4-5,9-10,14-15,17-18H2,1-3H3,(H,30,36)(H,29,32,35)/t19-,22+,24+,26+,41?/m0/s1. The number of nitrogens with one attached hydrogen (secondary N) is 2. The van der Waals surface area contributed by atoms with E-state index in [1.165, 1.54) is 23.8 Å². The summed E-state index contributed by atoms with van der Waals surface area (Å²) in [5.74, 6) is -0.0863. The van der Waals surface area contributed by atoms with Gasteiger partial charge in [-0.2, -0.15) is 5.09 Å². The lowest BCUT2D eigenvalue weighted by atomic mass is 9.96. The van der Waals surface area contributed by atoms with E-state index in [2.05, 4.69) is 23.9 Å². The van der Waals surface area contributed by atoms with Gasteiger partial charge in [0.15, 0.2) is 0 Å². The summed E-state index contributed by atoms with van der Waals surface area (Å²) in [6.07, 6.45) is 3.54. The van der Waals surface area contributed by atoms with Crippen LogP contribution in [0.5, 0.6) is 5.75 Å². The summed E-state index contributed by atoms with van der Waals surface area (Å²) in [6, 6.07) is 8.55. The Hall–Kier alpha value is -2.76. The van der Waals surface area contributed by atoms with Crippen LogP contribution in [0.3, 0.4) is 0 Å². The van der Waals surface area contributed by atoms with E-state index < -0.39 is 54.9 Å². The predicted octanol–water partition coefficient (Wildman–Crippen LogP) is 3.52. The second-order valence-electron chi connectivity index (χ2n) is 10.8. The number of ether oxygens (including phenoxy) is 2. The number of aliphatic hydroxyl groups excluding tert-OH is 1. The van der Waals surface area contributed by atoms with Crippen LogP contribution in [0.1, 0.15) is 65.5 Å². The average molecular weight is 594 g/mol. The van der Waals surface area contributed by atoms with Crippen molar-refractivity contribution in [3.63, 3.8) is 0 Å².